The Morgan fingerprint density at radius 2 is 1.12 bits per heavy atom. The fourth-order valence-corrected chi connectivity index (χ4v) is 11.1. The third kappa shape index (κ3) is 2.80. The van der Waals surface area contributed by atoms with E-state index in [1.54, 1.807) is 11.1 Å². The molecule has 32 heavy (non-hydrogen) atoms. The van der Waals surface area contributed by atoms with Crippen LogP contribution in [0.15, 0.2) is 12.1 Å². The fourth-order valence-electron chi connectivity index (χ4n) is 11.1. The van der Waals surface area contributed by atoms with Crippen LogP contribution in [-0.4, -0.2) is 19.3 Å². The summed E-state index contributed by atoms with van der Waals surface area (Å²) >= 11 is 0. The van der Waals surface area contributed by atoms with Gasteiger partial charge in [-0.3, -0.25) is 0 Å². The van der Waals surface area contributed by atoms with E-state index in [4.69, 9.17) is 9.47 Å². The Bertz CT molecular complexity index is 870. The van der Waals surface area contributed by atoms with Gasteiger partial charge < -0.3 is 9.47 Å². The highest BCUT2D eigenvalue weighted by Gasteiger charge is 2.55. The van der Waals surface area contributed by atoms with E-state index in [1.807, 2.05) is 0 Å². The van der Waals surface area contributed by atoms with E-state index in [0.29, 0.717) is 16.9 Å². The summed E-state index contributed by atoms with van der Waals surface area (Å²) in [6.45, 7) is 4.08. The van der Waals surface area contributed by atoms with Crippen LogP contribution in [0.4, 0.5) is 0 Å². The average molecular weight is 433 g/mol. The quantitative estimate of drug-likeness (QED) is 0.482. The predicted octanol–water partition coefficient (Wildman–Crippen LogP) is 6.71. The van der Waals surface area contributed by atoms with Crippen molar-refractivity contribution < 1.29 is 9.47 Å². The molecule has 172 valence electrons. The van der Waals surface area contributed by atoms with Crippen molar-refractivity contribution in [3.05, 3.63) is 28.8 Å². The van der Waals surface area contributed by atoms with Gasteiger partial charge in [0.1, 0.15) is 18.5 Å². The lowest BCUT2D eigenvalue weighted by molar-refractivity contribution is -0.00826. The van der Waals surface area contributed by atoms with Gasteiger partial charge in [0, 0.05) is 5.56 Å². The van der Waals surface area contributed by atoms with Crippen molar-refractivity contribution >= 4 is 0 Å². The molecule has 9 fully saturated rings. The van der Waals surface area contributed by atoms with E-state index in [0.717, 1.165) is 48.7 Å². The molecule has 8 saturated carbocycles. The van der Waals surface area contributed by atoms with Crippen molar-refractivity contribution in [1.82, 2.24) is 0 Å². The Morgan fingerprint density at radius 1 is 0.719 bits per heavy atom. The third-order valence-electron chi connectivity index (χ3n) is 11.4. The minimum Gasteiger partial charge on any atom is -0.490 e. The average Bonchev–Trinajstić information content (AvgIpc) is 3.55. The second-order valence-corrected chi connectivity index (χ2v) is 13.8. The van der Waals surface area contributed by atoms with Crippen LogP contribution >= 0.6 is 0 Å². The van der Waals surface area contributed by atoms with E-state index >= 15 is 0 Å². The molecule has 1 aromatic rings. The highest BCUT2D eigenvalue weighted by Crippen LogP contribution is 2.64. The van der Waals surface area contributed by atoms with Crippen LogP contribution in [0.25, 0.3) is 0 Å². The topological polar surface area (TPSA) is 21.8 Å². The maximum Gasteiger partial charge on any atom is 0.126 e. The summed E-state index contributed by atoms with van der Waals surface area (Å²) in [6.07, 6.45) is 18.0. The number of ether oxygens (including phenoxy) is 2. The molecule has 9 aliphatic rings. The first-order valence-corrected chi connectivity index (χ1v) is 14.0. The Morgan fingerprint density at radius 3 is 1.56 bits per heavy atom. The van der Waals surface area contributed by atoms with Gasteiger partial charge in [-0.2, -0.15) is 0 Å². The number of epoxide rings is 1. The Labute approximate surface area is 193 Å². The summed E-state index contributed by atoms with van der Waals surface area (Å²) in [6, 6.07) is 5.22. The smallest absolute Gasteiger partial charge is 0.126 e. The molecule has 1 aromatic carbocycles. The molecule has 1 atom stereocenters. The van der Waals surface area contributed by atoms with Gasteiger partial charge >= 0.3 is 0 Å². The van der Waals surface area contributed by atoms with Crippen molar-refractivity contribution in [3.63, 3.8) is 0 Å². The highest BCUT2D eigenvalue weighted by atomic mass is 16.6. The Hall–Kier alpha value is -1.02. The van der Waals surface area contributed by atoms with Crippen molar-refractivity contribution in [2.24, 2.45) is 35.5 Å². The van der Waals surface area contributed by atoms with Gasteiger partial charge in [-0.1, -0.05) is 12.1 Å². The summed E-state index contributed by atoms with van der Waals surface area (Å²) < 4.78 is 12.3. The maximum atomic E-state index is 6.76. The van der Waals surface area contributed by atoms with Gasteiger partial charge in [0.15, 0.2) is 0 Å². The van der Waals surface area contributed by atoms with E-state index in [-0.39, 0.29) is 0 Å². The van der Waals surface area contributed by atoms with Crippen LogP contribution in [0, 0.1) is 42.4 Å². The first-order chi connectivity index (χ1) is 15.6. The monoisotopic (exact) mass is 432 g/mol. The molecule has 0 aromatic heterocycles. The lowest BCUT2D eigenvalue weighted by Crippen LogP contribution is -2.49. The van der Waals surface area contributed by atoms with E-state index in [1.165, 1.54) is 88.4 Å². The van der Waals surface area contributed by atoms with Gasteiger partial charge in [0.2, 0.25) is 0 Å². The van der Waals surface area contributed by atoms with E-state index in [9.17, 15) is 0 Å². The zero-order chi connectivity index (χ0) is 21.1. The van der Waals surface area contributed by atoms with Crippen molar-refractivity contribution in [2.75, 3.05) is 13.2 Å². The molecule has 1 aliphatic heterocycles. The molecule has 10 rings (SSSR count). The van der Waals surface area contributed by atoms with Gasteiger partial charge in [-0.25, -0.2) is 0 Å². The standard InChI is InChI=1S/C30H40O2/c1-18-26(29-10-19-4-20(11-29)6-21(5-19)12-29)2-3-27(28(18)32-17-25-16-31-25)30-13-22-7-23(14-30)9-24(8-22)15-30/h2-3,19-25H,4-17H2,1H3. The zero-order valence-corrected chi connectivity index (χ0v) is 19.9. The second kappa shape index (κ2) is 6.55. The predicted molar refractivity (Wildman–Crippen MR) is 126 cm³/mol. The molecule has 2 heteroatoms. The van der Waals surface area contributed by atoms with Gasteiger partial charge in [0.25, 0.3) is 0 Å². The summed E-state index contributed by atoms with van der Waals surface area (Å²) in [7, 11) is 0. The molecule has 8 aliphatic carbocycles. The first kappa shape index (κ1) is 19.3. The van der Waals surface area contributed by atoms with Crippen molar-refractivity contribution in [2.45, 2.75) is 101 Å². The van der Waals surface area contributed by atoms with Crippen molar-refractivity contribution in [1.29, 1.82) is 0 Å². The van der Waals surface area contributed by atoms with Crippen LogP contribution in [0.1, 0.15) is 93.7 Å². The molecule has 0 radical (unpaired) electrons. The molecular weight excluding hydrogens is 392 g/mol. The number of benzene rings is 1. The number of hydrogen-bond acceptors (Lipinski definition) is 2. The van der Waals surface area contributed by atoms with Crippen LogP contribution in [0.2, 0.25) is 0 Å². The number of hydrogen-bond donors (Lipinski definition) is 0. The normalized spacial score (nSPS) is 49.6. The zero-order valence-electron chi connectivity index (χ0n) is 19.9. The highest BCUT2D eigenvalue weighted by molar-refractivity contribution is 5.53. The van der Waals surface area contributed by atoms with Crippen LogP contribution in [0.3, 0.4) is 0 Å². The molecule has 0 spiro atoms. The van der Waals surface area contributed by atoms with E-state index < -0.39 is 0 Å². The second-order valence-electron chi connectivity index (χ2n) is 13.8. The molecule has 2 nitrogen and oxygen atoms in total. The number of rotatable bonds is 5. The molecule has 1 saturated heterocycles. The van der Waals surface area contributed by atoms with Crippen LogP contribution in [0.5, 0.6) is 5.75 Å². The Kier molecular flexibility index (Phi) is 3.95. The van der Waals surface area contributed by atoms with Crippen LogP contribution in [-0.2, 0) is 15.6 Å². The Balaban J connectivity index is 1.23. The SMILES string of the molecule is Cc1c(C23CC4CC(CC(C4)C2)C3)ccc(C23CC4CC(CC(C4)C2)C3)c1OCC1CO1. The molecule has 0 N–H and O–H groups in total. The summed E-state index contributed by atoms with van der Waals surface area (Å²) in [5.74, 6) is 7.21. The lowest BCUT2D eigenvalue weighted by atomic mass is 9.46. The first-order valence-electron chi connectivity index (χ1n) is 14.0. The maximum absolute atomic E-state index is 6.76. The largest absolute Gasteiger partial charge is 0.490 e. The van der Waals surface area contributed by atoms with Gasteiger partial charge in [0.05, 0.1) is 6.61 Å². The summed E-state index contributed by atoms with van der Waals surface area (Å²) in [4.78, 5) is 0. The molecular formula is C30H40O2. The lowest BCUT2D eigenvalue weighted by Gasteiger charge is -2.58. The minimum absolute atomic E-state index is 0.335. The third-order valence-corrected chi connectivity index (χ3v) is 11.4. The van der Waals surface area contributed by atoms with Gasteiger partial charge in [-0.15, -0.1) is 0 Å². The van der Waals surface area contributed by atoms with E-state index in [2.05, 4.69) is 19.1 Å². The molecule has 1 unspecified atom stereocenters. The summed E-state index contributed by atoms with van der Waals surface area (Å²) in [5, 5.41) is 0. The molecule has 0 amide bonds. The van der Waals surface area contributed by atoms with Gasteiger partial charge in [-0.05, 0) is 141 Å². The molecule has 8 bridgehead atoms. The fraction of sp³-hybridized carbons (Fsp3) is 0.800. The minimum atomic E-state index is 0.335. The van der Waals surface area contributed by atoms with Crippen LogP contribution < -0.4 is 4.74 Å². The molecule has 1 heterocycles. The van der Waals surface area contributed by atoms with Crippen molar-refractivity contribution in [3.8, 4) is 5.75 Å². The summed E-state index contributed by atoms with van der Waals surface area (Å²) in [5.41, 5.74) is 5.65.